The Balaban J connectivity index is 1.22. The van der Waals surface area contributed by atoms with Crippen molar-refractivity contribution in [1.82, 2.24) is 20.2 Å². The highest BCUT2D eigenvalue weighted by Crippen LogP contribution is 2.24. The molecule has 2 fully saturated rings. The third-order valence-electron chi connectivity index (χ3n) is 6.08. The Bertz CT molecular complexity index is 1070. The minimum absolute atomic E-state index is 0.0276. The van der Waals surface area contributed by atoms with Crippen LogP contribution in [0.25, 0.3) is 11.3 Å². The van der Waals surface area contributed by atoms with Gasteiger partial charge in [0.05, 0.1) is 24.8 Å². The van der Waals surface area contributed by atoms with E-state index in [0.717, 1.165) is 55.4 Å². The number of carbonyl (C=O) groups excluding carboxylic acids is 1. The van der Waals surface area contributed by atoms with E-state index in [1.165, 1.54) is 6.33 Å². The summed E-state index contributed by atoms with van der Waals surface area (Å²) in [5, 5.41) is 11.8. The van der Waals surface area contributed by atoms with E-state index in [9.17, 15) is 4.79 Å². The second kappa shape index (κ2) is 9.91. The summed E-state index contributed by atoms with van der Waals surface area (Å²) >= 11 is 0. The molecule has 5 rings (SSSR count). The number of carbonyl (C=O) groups is 1. The summed E-state index contributed by atoms with van der Waals surface area (Å²) in [5.74, 6) is 1.96. The predicted octanol–water partition coefficient (Wildman–Crippen LogP) is 2.63. The first-order valence-corrected chi connectivity index (χ1v) is 11.4. The van der Waals surface area contributed by atoms with Crippen LogP contribution in [-0.2, 0) is 9.53 Å². The number of nitrogens with one attached hydrogen (secondary N) is 1. The largest absolute Gasteiger partial charge is 0.378 e. The summed E-state index contributed by atoms with van der Waals surface area (Å²) in [7, 11) is 0. The molecule has 9 nitrogen and oxygen atoms in total. The summed E-state index contributed by atoms with van der Waals surface area (Å²) in [6, 6.07) is 15.8. The Labute approximate surface area is 192 Å². The number of aromatic nitrogens is 4. The van der Waals surface area contributed by atoms with E-state index in [1.54, 1.807) is 0 Å². The van der Waals surface area contributed by atoms with Gasteiger partial charge in [-0.2, -0.15) is 0 Å². The first-order chi connectivity index (χ1) is 16.3. The summed E-state index contributed by atoms with van der Waals surface area (Å²) in [6.07, 6.45) is 3.25. The maximum atomic E-state index is 13.0. The lowest BCUT2D eigenvalue weighted by Crippen LogP contribution is -2.41. The third-order valence-corrected chi connectivity index (χ3v) is 6.08. The first-order valence-electron chi connectivity index (χ1n) is 11.4. The number of anilines is 3. The van der Waals surface area contributed by atoms with Crippen LogP contribution in [0.4, 0.5) is 17.5 Å². The quantitative estimate of drug-likeness (QED) is 0.640. The maximum Gasteiger partial charge on any atom is 0.230 e. The minimum Gasteiger partial charge on any atom is -0.378 e. The molecule has 0 radical (unpaired) electrons. The molecule has 170 valence electrons. The molecule has 33 heavy (non-hydrogen) atoms. The molecule has 1 amide bonds. The standard InChI is InChI=1S/C24H27N7O2/c32-24(27-21-15-23(26-17-25-21)30-11-13-33-14-12-30)19-7-4-10-31(16-19)22-9-8-20(28-29-22)18-5-2-1-3-6-18/h1-3,5-6,8-9,15,17,19H,4,7,10-14,16H2,(H,25,26,27,32). The lowest BCUT2D eigenvalue weighted by atomic mass is 9.97. The van der Waals surface area contributed by atoms with Gasteiger partial charge in [-0.15, -0.1) is 10.2 Å². The van der Waals surface area contributed by atoms with E-state index < -0.39 is 0 Å². The molecule has 2 aliphatic heterocycles. The number of benzene rings is 1. The van der Waals surface area contributed by atoms with Gasteiger partial charge in [-0.1, -0.05) is 30.3 Å². The average Bonchev–Trinajstić information content (AvgIpc) is 2.90. The Morgan fingerprint density at radius 2 is 1.79 bits per heavy atom. The van der Waals surface area contributed by atoms with Crippen molar-refractivity contribution in [2.75, 3.05) is 54.5 Å². The van der Waals surface area contributed by atoms with Crippen LogP contribution in [0.5, 0.6) is 0 Å². The van der Waals surface area contributed by atoms with Gasteiger partial charge in [-0.25, -0.2) is 9.97 Å². The zero-order valence-corrected chi connectivity index (χ0v) is 18.4. The normalized spacial score (nSPS) is 18.7. The summed E-state index contributed by atoms with van der Waals surface area (Å²) in [6.45, 7) is 4.39. The van der Waals surface area contributed by atoms with Gasteiger partial charge < -0.3 is 19.9 Å². The Morgan fingerprint density at radius 1 is 0.939 bits per heavy atom. The van der Waals surface area contributed by atoms with E-state index in [0.29, 0.717) is 25.6 Å². The van der Waals surface area contributed by atoms with Crippen molar-refractivity contribution in [3.63, 3.8) is 0 Å². The molecule has 2 aromatic heterocycles. The number of nitrogens with zero attached hydrogens (tertiary/aromatic N) is 6. The highest BCUT2D eigenvalue weighted by Gasteiger charge is 2.27. The second-order valence-corrected chi connectivity index (χ2v) is 8.28. The van der Waals surface area contributed by atoms with Crippen molar-refractivity contribution in [2.24, 2.45) is 5.92 Å². The van der Waals surface area contributed by atoms with Crippen LogP contribution >= 0.6 is 0 Å². The van der Waals surface area contributed by atoms with Gasteiger partial charge in [0, 0.05) is 37.8 Å². The number of hydrogen-bond acceptors (Lipinski definition) is 8. The zero-order chi connectivity index (χ0) is 22.5. The lowest BCUT2D eigenvalue weighted by Gasteiger charge is -2.32. The topological polar surface area (TPSA) is 96.4 Å². The molecule has 9 heteroatoms. The van der Waals surface area contributed by atoms with Crippen molar-refractivity contribution in [3.8, 4) is 11.3 Å². The molecule has 1 unspecified atom stereocenters. The molecule has 4 heterocycles. The van der Waals surface area contributed by atoms with Crippen molar-refractivity contribution in [3.05, 3.63) is 54.9 Å². The van der Waals surface area contributed by atoms with E-state index in [-0.39, 0.29) is 11.8 Å². The van der Waals surface area contributed by atoms with E-state index in [4.69, 9.17) is 4.74 Å². The first kappa shape index (κ1) is 21.3. The van der Waals surface area contributed by atoms with Crippen LogP contribution in [0.2, 0.25) is 0 Å². The van der Waals surface area contributed by atoms with Crippen LogP contribution in [0.3, 0.4) is 0 Å². The van der Waals surface area contributed by atoms with Gasteiger partial charge in [0.1, 0.15) is 18.0 Å². The molecule has 1 atom stereocenters. The molecule has 1 N–H and O–H groups in total. The van der Waals surface area contributed by atoms with Crippen LogP contribution < -0.4 is 15.1 Å². The van der Waals surface area contributed by atoms with E-state index >= 15 is 0 Å². The van der Waals surface area contributed by atoms with E-state index in [1.807, 2.05) is 48.5 Å². The molecule has 2 aliphatic rings. The Morgan fingerprint density at radius 3 is 2.58 bits per heavy atom. The Kier molecular flexibility index (Phi) is 6.39. The monoisotopic (exact) mass is 445 g/mol. The van der Waals surface area contributed by atoms with Crippen molar-refractivity contribution < 1.29 is 9.53 Å². The number of ether oxygens (including phenoxy) is 1. The van der Waals surface area contributed by atoms with Crippen molar-refractivity contribution in [2.45, 2.75) is 12.8 Å². The van der Waals surface area contributed by atoms with Gasteiger partial charge in [0.25, 0.3) is 0 Å². The smallest absolute Gasteiger partial charge is 0.230 e. The van der Waals surface area contributed by atoms with Gasteiger partial charge >= 0.3 is 0 Å². The molecular weight excluding hydrogens is 418 g/mol. The molecule has 2 saturated heterocycles. The fourth-order valence-corrected chi connectivity index (χ4v) is 4.27. The second-order valence-electron chi connectivity index (χ2n) is 8.28. The maximum absolute atomic E-state index is 13.0. The van der Waals surface area contributed by atoms with Gasteiger partial charge in [0.15, 0.2) is 5.82 Å². The summed E-state index contributed by atoms with van der Waals surface area (Å²) in [4.78, 5) is 25.9. The number of piperidine rings is 1. The number of amides is 1. The van der Waals surface area contributed by atoms with Crippen molar-refractivity contribution >= 4 is 23.4 Å². The molecule has 0 spiro atoms. The van der Waals surface area contributed by atoms with Crippen molar-refractivity contribution in [1.29, 1.82) is 0 Å². The molecule has 0 saturated carbocycles. The fourth-order valence-electron chi connectivity index (χ4n) is 4.27. The molecule has 0 aliphatic carbocycles. The van der Waals surface area contributed by atoms with Gasteiger partial charge in [0.2, 0.25) is 5.91 Å². The summed E-state index contributed by atoms with van der Waals surface area (Å²) < 4.78 is 5.40. The van der Waals surface area contributed by atoms with Gasteiger partial charge in [-0.3, -0.25) is 4.79 Å². The SMILES string of the molecule is O=C(Nc1cc(N2CCOCC2)ncn1)C1CCCN(c2ccc(-c3ccccc3)nn2)C1. The highest BCUT2D eigenvalue weighted by atomic mass is 16.5. The van der Waals surface area contributed by atoms with Crippen LogP contribution in [0.15, 0.2) is 54.9 Å². The van der Waals surface area contributed by atoms with Crippen LogP contribution in [-0.4, -0.2) is 65.5 Å². The third kappa shape index (κ3) is 5.09. The van der Waals surface area contributed by atoms with E-state index in [2.05, 4.69) is 35.3 Å². The zero-order valence-electron chi connectivity index (χ0n) is 18.4. The molecular formula is C24H27N7O2. The number of rotatable bonds is 5. The van der Waals surface area contributed by atoms with Gasteiger partial charge in [-0.05, 0) is 25.0 Å². The van der Waals surface area contributed by atoms with Crippen LogP contribution in [0.1, 0.15) is 12.8 Å². The minimum atomic E-state index is -0.142. The lowest BCUT2D eigenvalue weighted by molar-refractivity contribution is -0.120. The fraction of sp³-hybridized carbons (Fsp3) is 0.375. The molecule has 3 aromatic rings. The molecule has 1 aromatic carbocycles. The van der Waals surface area contributed by atoms with Crippen LogP contribution in [0, 0.1) is 5.92 Å². The predicted molar refractivity (Wildman–Crippen MR) is 126 cm³/mol. The average molecular weight is 446 g/mol. The molecule has 0 bridgehead atoms. The number of hydrogen-bond donors (Lipinski definition) is 1. The number of morpholine rings is 1. The Hall–Kier alpha value is -3.59. The summed E-state index contributed by atoms with van der Waals surface area (Å²) in [5.41, 5.74) is 1.87. The highest BCUT2D eigenvalue weighted by molar-refractivity contribution is 5.92.